The molecule has 2 saturated heterocycles. The topological polar surface area (TPSA) is 299 Å². The Bertz CT molecular complexity index is 2420. The molecule has 8 atom stereocenters. The minimum absolute atomic E-state index is 0.0295. The Balaban J connectivity index is 1.33. The molecule has 3 aliphatic carbocycles. The molecular formula is C63H106N12O13. The lowest BCUT2D eigenvalue weighted by Gasteiger charge is -2.43. The molecule has 2 heterocycles. The number of rotatable bonds is 30. The van der Waals surface area contributed by atoms with Crippen LogP contribution in [-0.2, 0) is 57.5 Å². The van der Waals surface area contributed by atoms with Crippen LogP contribution >= 0.6 is 0 Å². The monoisotopic (exact) mass is 1240 g/mol. The second-order valence-electron chi connectivity index (χ2n) is 25.9. The molecule has 25 nitrogen and oxygen atoms in total. The number of hydrogen-bond acceptors (Lipinski definition) is 14. The quantitative estimate of drug-likeness (QED) is 0.0636. The van der Waals surface area contributed by atoms with E-state index in [0.29, 0.717) is 64.3 Å². The molecule has 0 aromatic heterocycles. The Morgan fingerprint density at radius 2 is 1.25 bits per heavy atom. The first kappa shape index (κ1) is 72.5. The minimum Gasteiger partial charge on any atom is -0.396 e. The van der Waals surface area contributed by atoms with Gasteiger partial charge in [0.1, 0.15) is 48.1 Å². The van der Waals surface area contributed by atoms with Crippen molar-refractivity contribution < 1.29 is 62.6 Å². The van der Waals surface area contributed by atoms with E-state index in [2.05, 4.69) is 21.3 Å². The van der Waals surface area contributed by atoms with E-state index in [1.165, 1.54) is 76.5 Å². The Hall–Kier alpha value is -6.24. The maximum Gasteiger partial charge on any atom is 0.248 e. The second kappa shape index (κ2) is 34.7. The highest BCUT2D eigenvalue weighted by atomic mass is 16.3. The molecule has 0 unspecified atom stereocenters. The standard InChI is InChI=1S/C63H106N12O13/c1-11-42(2)47(41-77)66-56(82)43(3)70(7)52(79)37-50(60(86)74-32-21-14-22-33-74)72(9)61(87)55(45-26-17-13-18-27-45)73(10)62(88)63(30-19-20-31-63)67-57(83)48-28-23-34-75(48)58(84)46(29-35-76)65-51(78)39-69(6)59(85)49(36-44-24-15-12-16-25-44)71(8)54(81)40-68(5)53(80)38-64-4/h41-50,55,64,76H,11-40H2,1-10H3,(H,65,78)(H,66,82)(H,67,83)/t42-,43+,46-,47+,48-,49-,50-,55-/m0/s1. The third kappa shape index (κ3) is 18.9. The van der Waals surface area contributed by atoms with Crippen molar-refractivity contribution >= 4 is 71.3 Å². The highest BCUT2D eigenvalue weighted by molar-refractivity contribution is 6.00. The van der Waals surface area contributed by atoms with Gasteiger partial charge in [0.2, 0.25) is 65.0 Å². The number of nitrogens with zero attached hydrogens (tertiary/aromatic N) is 8. The molecule has 25 heteroatoms. The molecule has 3 saturated carbocycles. The van der Waals surface area contributed by atoms with Crippen LogP contribution in [0, 0.1) is 17.8 Å². The zero-order chi connectivity index (χ0) is 65.0. The second-order valence-corrected chi connectivity index (χ2v) is 25.9. The molecule has 0 radical (unpaired) electrons. The molecule has 5 rings (SSSR count). The summed E-state index contributed by atoms with van der Waals surface area (Å²) in [5.74, 6) is -6.07. The zero-order valence-electron chi connectivity index (χ0n) is 54.5. The molecule has 5 fully saturated rings. The van der Waals surface area contributed by atoms with Gasteiger partial charge in [-0.05, 0) is 102 Å². The van der Waals surface area contributed by atoms with Gasteiger partial charge >= 0.3 is 0 Å². The van der Waals surface area contributed by atoms with E-state index in [0.717, 1.165) is 70.6 Å². The summed E-state index contributed by atoms with van der Waals surface area (Å²) in [6.07, 6.45) is 14.3. The van der Waals surface area contributed by atoms with E-state index in [-0.39, 0.29) is 69.0 Å². The van der Waals surface area contributed by atoms with Crippen LogP contribution in [0.4, 0.5) is 0 Å². The number of piperidine rings is 1. The van der Waals surface area contributed by atoms with Crippen molar-refractivity contribution in [3.05, 3.63) is 0 Å². The summed E-state index contributed by atoms with van der Waals surface area (Å²) in [5.41, 5.74) is -1.48. The van der Waals surface area contributed by atoms with Crippen molar-refractivity contribution in [2.45, 2.75) is 216 Å². The van der Waals surface area contributed by atoms with Crippen LogP contribution in [0.1, 0.15) is 168 Å². The van der Waals surface area contributed by atoms with Gasteiger partial charge in [0, 0.05) is 68.5 Å². The smallest absolute Gasteiger partial charge is 0.248 e. The van der Waals surface area contributed by atoms with Crippen LogP contribution < -0.4 is 21.3 Å². The van der Waals surface area contributed by atoms with Crippen molar-refractivity contribution in [2.24, 2.45) is 17.8 Å². The third-order valence-electron chi connectivity index (χ3n) is 19.7. The van der Waals surface area contributed by atoms with Crippen LogP contribution in [0.15, 0.2) is 0 Å². The molecule has 88 heavy (non-hydrogen) atoms. The van der Waals surface area contributed by atoms with E-state index < -0.39 is 126 Å². The van der Waals surface area contributed by atoms with Gasteiger partial charge in [0.15, 0.2) is 0 Å². The number of amides is 11. The largest absolute Gasteiger partial charge is 0.396 e. The first-order valence-corrected chi connectivity index (χ1v) is 32.6. The lowest BCUT2D eigenvalue weighted by molar-refractivity contribution is -0.157. The number of hydrogen-bond donors (Lipinski definition) is 5. The van der Waals surface area contributed by atoms with Crippen LogP contribution in [0.3, 0.4) is 0 Å². The summed E-state index contributed by atoms with van der Waals surface area (Å²) in [6, 6.07) is -7.48. The van der Waals surface area contributed by atoms with E-state index >= 15 is 9.59 Å². The fraction of sp³-hybridized carbons (Fsp3) is 0.810. The summed E-state index contributed by atoms with van der Waals surface area (Å²) in [4.78, 5) is 180. The molecule has 2 aliphatic heterocycles. The summed E-state index contributed by atoms with van der Waals surface area (Å²) in [5, 5.41) is 21.5. The number of carbonyl (C=O) groups excluding carboxylic acids is 12. The molecule has 11 amide bonds. The summed E-state index contributed by atoms with van der Waals surface area (Å²) >= 11 is 0. The highest BCUT2D eigenvalue weighted by Gasteiger charge is 2.51. The van der Waals surface area contributed by atoms with E-state index in [9.17, 15) is 53.1 Å². The lowest BCUT2D eigenvalue weighted by Crippen LogP contribution is -2.65. The van der Waals surface area contributed by atoms with Crippen LogP contribution in [-0.4, -0.2) is 259 Å². The third-order valence-corrected chi connectivity index (χ3v) is 19.7. The molecule has 496 valence electrons. The maximum atomic E-state index is 15.4. The molecule has 5 N–H and O–H groups in total. The lowest BCUT2D eigenvalue weighted by atomic mass is 9.81. The number of nitrogens with one attached hydrogen (secondary N) is 4. The summed E-state index contributed by atoms with van der Waals surface area (Å²) in [7, 11) is 10.6. The average molecular weight is 1240 g/mol. The van der Waals surface area contributed by atoms with Crippen molar-refractivity contribution in [3.63, 3.8) is 0 Å². The van der Waals surface area contributed by atoms with Gasteiger partial charge in [0.25, 0.3) is 0 Å². The van der Waals surface area contributed by atoms with E-state index in [4.69, 9.17) is 0 Å². The van der Waals surface area contributed by atoms with Crippen LogP contribution in [0.5, 0.6) is 0 Å². The molecule has 0 bridgehead atoms. The van der Waals surface area contributed by atoms with Crippen molar-refractivity contribution in [1.82, 2.24) is 60.5 Å². The summed E-state index contributed by atoms with van der Waals surface area (Å²) in [6.45, 7) is 5.05. The SMILES string of the molecule is CC[C@H](C)[C@@H](C=O)NC(=O)[C@@H](C)N(C)C(=O)C[C@@H](C(=O)N1CCCCC1)N(C)C(=O)[C@H](C1CCCCC1)N(C)C(=O)C1(NC(=O)[C@@H]2CCCN2C(=O)[C@H](CCO)NC(=O)CN(C)C(=O)[C@H](CC2CCCCC2)N(C)C(=O)CN(C)C(=O)CNC)CCCC1. The van der Waals surface area contributed by atoms with Crippen LogP contribution in [0.25, 0.3) is 0 Å². The normalized spacial score (nSPS) is 20.4. The Morgan fingerprint density at radius 1 is 0.636 bits per heavy atom. The average Bonchev–Trinajstić information content (AvgIpc) is 2.48. The molecule has 0 aromatic carbocycles. The number of likely N-dealkylation sites (N-methyl/N-ethyl adjacent to an activating group) is 7. The number of carbonyl (C=O) groups is 12. The maximum absolute atomic E-state index is 15.4. The van der Waals surface area contributed by atoms with Crippen molar-refractivity contribution in [1.29, 1.82) is 0 Å². The van der Waals surface area contributed by atoms with Gasteiger partial charge in [-0.15, -0.1) is 0 Å². The molecule has 0 aromatic rings. The highest BCUT2D eigenvalue weighted by Crippen LogP contribution is 2.37. The summed E-state index contributed by atoms with van der Waals surface area (Å²) < 4.78 is 0. The van der Waals surface area contributed by atoms with Gasteiger partial charge in [-0.1, -0.05) is 84.5 Å². The number of aliphatic hydroxyl groups excluding tert-OH is 1. The zero-order valence-corrected chi connectivity index (χ0v) is 54.5. The van der Waals surface area contributed by atoms with Gasteiger partial charge in [-0.2, -0.15) is 0 Å². The number of likely N-dealkylation sites (tertiary alicyclic amines) is 2. The Morgan fingerprint density at radius 3 is 1.84 bits per heavy atom. The van der Waals surface area contributed by atoms with Gasteiger partial charge < -0.3 is 70.4 Å². The van der Waals surface area contributed by atoms with Crippen LogP contribution in [0.2, 0.25) is 0 Å². The fourth-order valence-corrected chi connectivity index (χ4v) is 13.6. The predicted molar refractivity (Wildman–Crippen MR) is 329 cm³/mol. The van der Waals surface area contributed by atoms with Gasteiger partial charge in [-0.3, -0.25) is 52.7 Å². The number of aliphatic hydroxyl groups is 1. The van der Waals surface area contributed by atoms with Crippen molar-refractivity contribution in [3.8, 4) is 0 Å². The molecule has 5 aliphatic rings. The van der Waals surface area contributed by atoms with E-state index in [1.54, 1.807) is 19.0 Å². The Kier molecular flexibility index (Phi) is 28.6. The van der Waals surface area contributed by atoms with Crippen molar-refractivity contribution in [2.75, 3.05) is 95.2 Å². The van der Waals surface area contributed by atoms with Gasteiger partial charge in [0.05, 0.1) is 32.1 Å². The first-order chi connectivity index (χ1) is 41.9. The fourth-order valence-electron chi connectivity index (χ4n) is 13.6. The number of aldehydes is 1. The van der Waals surface area contributed by atoms with Gasteiger partial charge in [-0.25, -0.2) is 0 Å². The van der Waals surface area contributed by atoms with E-state index in [1.807, 2.05) is 13.8 Å². The molecular weight excluding hydrogens is 1130 g/mol. The Labute approximate surface area is 521 Å². The predicted octanol–water partition coefficient (Wildman–Crippen LogP) is 1.42. The first-order valence-electron chi connectivity index (χ1n) is 32.6. The minimum atomic E-state index is -1.48. The molecule has 0 spiro atoms.